The van der Waals surface area contributed by atoms with E-state index in [9.17, 15) is 13.2 Å². The third-order valence-corrected chi connectivity index (χ3v) is 8.34. The third-order valence-electron chi connectivity index (χ3n) is 5.57. The number of benzene rings is 1. The molecular weight excluding hydrogens is 372 g/mol. The van der Waals surface area contributed by atoms with Gasteiger partial charge in [0.25, 0.3) is 0 Å². The predicted octanol–water partition coefficient (Wildman–Crippen LogP) is 2.88. The average molecular weight is 399 g/mol. The van der Waals surface area contributed by atoms with Crippen LogP contribution < -0.4 is 5.32 Å². The lowest BCUT2D eigenvalue weighted by molar-refractivity contribution is -0.121. The first-order chi connectivity index (χ1) is 12.3. The molecule has 2 fully saturated rings. The second-order valence-electron chi connectivity index (χ2n) is 7.59. The summed E-state index contributed by atoms with van der Waals surface area (Å²) in [7, 11) is -3.69. The van der Waals surface area contributed by atoms with E-state index in [2.05, 4.69) is 17.1 Å². The van der Waals surface area contributed by atoms with Gasteiger partial charge in [-0.2, -0.15) is 0 Å². The maximum Gasteiger partial charge on any atom is 0.241 e. The number of likely N-dealkylation sites (tertiary alicyclic amines) is 1. The number of halogens is 1. The summed E-state index contributed by atoms with van der Waals surface area (Å²) < 4.78 is 24.4. The van der Waals surface area contributed by atoms with Gasteiger partial charge in [-0.15, -0.1) is 0 Å². The van der Waals surface area contributed by atoms with Crippen molar-refractivity contribution < 1.29 is 13.2 Å². The van der Waals surface area contributed by atoms with Crippen LogP contribution in [0.5, 0.6) is 0 Å². The van der Waals surface area contributed by atoms with Crippen LogP contribution in [0.1, 0.15) is 39.0 Å². The molecule has 0 radical (unpaired) electrons. The first kappa shape index (κ1) is 19.6. The van der Waals surface area contributed by atoms with Crippen molar-refractivity contribution in [2.75, 3.05) is 26.2 Å². The minimum Gasteiger partial charge on any atom is -0.355 e. The van der Waals surface area contributed by atoms with Gasteiger partial charge in [0.15, 0.2) is 14.6 Å². The van der Waals surface area contributed by atoms with Crippen LogP contribution in [0.4, 0.5) is 0 Å². The van der Waals surface area contributed by atoms with E-state index in [-0.39, 0.29) is 10.8 Å². The minimum atomic E-state index is -3.69. The van der Waals surface area contributed by atoms with Crippen molar-refractivity contribution in [1.29, 1.82) is 0 Å². The molecule has 1 N–H and O–H groups in total. The van der Waals surface area contributed by atoms with E-state index < -0.39 is 14.6 Å². The molecule has 1 aliphatic carbocycles. The van der Waals surface area contributed by atoms with Gasteiger partial charge in [-0.25, -0.2) is 8.42 Å². The minimum absolute atomic E-state index is 0.164. The number of sulfone groups is 1. The van der Waals surface area contributed by atoms with Crippen molar-refractivity contribution in [2.45, 2.75) is 48.7 Å². The van der Waals surface area contributed by atoms with Crippen LogP contribution in [-0.4, -0.2) is 50.2 Å². The zero-order valence-corrected chi connectivity index (χ0v) is 16.8. The van der Waals surface area contributed by atoms with Crippen molar-refractivity contribution in [3.8, 4) is 0 Å². The third kappa shape index (κ3) is 4.07. The Morgan fingerprint density at radius 2 is 1.85 bits per heavy atom. The molecule has 7 heteroatoms. The van der Waals surface area contributed by atoms with Crippen LogP contribution in [0.2, 0.25) is 5.02 Å². The Morgan fingerprint density at radius 1 is 1.23 bits per heavy atom. The SMILES string of the molecule is CC1CCN(CCCNC(=O)C2(S(=O)(=O)c3ccc(Cl)cc3)CC2)CC1. The van der Waals surface area contributed by atoms with Gasteiger partial charge in [0.1, 0.15) is 0 Å². The molecule has 1 aromatic rings. The number of piperidine rings is 1. The highest BCUT2D eigenvalue weighted by molar-refractivity contribution is 7.94. The number of carbonyl (C=O) groups is 1. The maximum absolute atomic E-state index is 12.9. The Balaban J connectivity index is 1.51. The summed E-state index contributed by atoms with van der Waals surface area (Å²) in [5.41, 5.74) is 0. The lowest BCUT2D eigenvalue weighted by Gasteiger charge is -2.30. The van der Waals surface area contributed by atoms with Gasteiger partial charge in [-0.05, 0) is 81.9 Å². The van der Waals surface area contributed by atoms with Gasteiger partial charge < -0.3 is 10.2 Å². The number of nitrogens with one attached hydrogen (secondary N) is 1. The van der Waals surface area contributed by atoms with Gasteiger partial charge in [-0.3, -0.25) is 4.79 Å². The molecule has 2 aliphatic rings. The first-order valence-electron chi connectivity index (χ1n) is 9.36. The molecule has 3 rings (SSSR count). The summed E-state index contributed by atoms with van der Waals surface area (Å²) in [6, 6.07) is 6.04. The lowest BCUT2D eigenvalue weighted by atomic mass is 9.99. The van der Waals surface area contributed by atoms with Gasteiger partial charge in [0.05, 0.1) is 4.90 Å². The summed E-state index contributed by atoms with van der Waals surface area (Å²) in [6.07, 6.45) is 4.07. The van der Waals surface area contributed by atoms with Crippen LogP contribution in [0.3, 0.4) is 0 Å². The number of carbonyl (C=O) groups excluding carboxylic acids is 1. The van der Waals surface area contributed by atoms with Crippen molar-refractivity contribution in [3.63, 3.8) is 0 Å². The van der Waals surface area contributed by atoms with Gasteiger partial charge in [-0.1, -0.05) is 18.5 Å². The number of rotatable bonds is 7. The fourth-order valence-electron chi connectivity index (χ4n) is 3.52. The molecule has 1 amide bonds. The van der Waals surface area contributed by atoms with E-state index in [1.54, 1.807) is 12.1 Å². The maximum atomic E-state index is 12.9. The summed E-state index contributed by atoms with van der Waals surface area (Å²) >= 11 is 5.83. The molecule has 0 atom stereocenters. The summed E-state index contributed by atoms with van der Waals surface area (Å²) in [4.78, 5) is 15.2. The topological polar surface area (TPSA) is 66.5 Å². The number of nitrogens with zero attached hydrogens (tertiary/aromatic N) is 1. The number of amides is 1. The summed E-state index contributed by atoms with van der Waals surface area (Å²) in [6.45, 7) is 5.98. The lowest BCUT2D eigenvalue weighted by Crippen LogP contribution is -2.43. The van der Waals surface area contributed by atoms with Crippen LogP contribution in [0.15, 0.2) is 29.2 Å². The van der Waals surface area contributed by atoms with E-state index in [0.29, 0.717) is 24.4 Å². The summed E-state index contributed by atoms with van der Waals surface area (Å²) in [5.74, 6) is 0.443. The van der Waals surface area contributed by atoms with E-state index in [4.69, 9.17) is 11.6 Å². The van der Waals surface area contributed by atoms with E-state index >= 15 is 0 Å². The fraction of sp³-hybridized carbons (Fsp3) is 0.632. The average Bonchev–Trinajstić information content (AvgIpc) is 3.43. The molecular formula is C19H27ClN2O3S. The summed E-state index contributed by atoms with van der Waals surface area (Å²) in [5, 5.41) is 3.33. The second kappa shape index (κ2) is 7.87. The highest BCUT2D eigenvalue weighted by Gasteiger charge is 2.61. The Morgan fingerprint density at radius 3 is 2.42 bits per heavy atom. The Bertz CT molecular complexity index is 737. The van der Waals surface area contributed by atoms with Crippen LogP contribution in [0.25, 0.3) is 0 Å². The highest BCUT2D eigenvalue weighted by Crippen LogP contribution is 2.47. The molecule has 1 aliphatic heterocycles. The number of hydrogen-bond donors (Lipinski definition) is 1. The molecule has 0 spiro atoms. The van der Waals surface area contributed by atoms with Crippen molar-refractivity contribution in [2.24, 2.45) is 5.92 Å². The largest absolute Gasteiger partial charge is 0.355 e. The van der Waals surface area contributed by atoms with Gasteiger partial charge >= 0.3 is 0 Å². The standard InChI is InChI=1S/C19H27ClN2O3S/c1-15-7-13-22(14-8-15)12-2-11-21-18(23)19(9-10-19)26(24,25)17-5-3-16(20)4-6-17/h3-6,15H,2,7-14H2,1H3,(H,21,23). The number of hydrogen-bond acceptors (Lipinski definition) is 4. The van der Waals surface area contributed by atoms with Crippen LogP contribution in [-0.2, 0) is 14.6 Å². The molecule has 0 bridgehead atoms. The van der Waals surface area contributed by atoms with Crippen molar-refractivity contribution >= 4 is 27.3 Å². The molecule has 1 saturated carbocycles. The van der Waals surface area contributed by atoms with E-state index in [1.807, 2.05) is 0 Å². The van der Waals surface area contributed by atoms with E-state index in [1.165, 1.54) is 25.0 Å². The van der Waals surface area contributed by atoms with Gasteiger partial charge in [0.2, 0.25) is 5.91 Å². The smallest absolute Gasteiger partial charge is 0.241 e. The zero-order valence-electron chi connectivity index (χ0n) is 15.2. The first-order valence-corrected chi connectivity index (χ1v) is 11.2. The fourth-order valence-corrected chi connectivity index (χ4v) is 5.55. The molecule has 5 nitrogen and oxygen atoms in total. The normalized spacial score (nSPS) is 20.7. The quantitative estimate of drug-likeness (QED) is 0.717. The second-order valence-corrected chi connectivity index (χ2v) is 10.3. The molecule has 1 saturated heterocycles. The molecule has 1 heterocycles. The zero-order chi connectivity index (χ0) is 18.8. The van der Waals surface area contributed by atoms with Crippen molar-refractivity contribution in [3.05, 3.63) is 29.3 Å². The van der Waals surface area contributed by atoms with E-state index in [0.717, 1.165) is 32.0 Å². The van der Waals surface area contributed by atoms with Crippen LogP contribution in [0, 0.1) is 5.92 Å². The Labute approximate surface area is 161 Å². The molecule has 1 aromatic carbocycles. The predicted molar refractivity (Wildman–Crippen MR) is 103 cm³/mol. The molecule has 26 heavy (non-hydrogen) atoms. The molecule has 144 valence electrons. The highest BCUT2D eigenvalue weighted by atomic mass is 35.5. The molecule has 0 aromatic heterocycles. The molecule has 0 unspecified atom stereocenters. The van der Waals surface area contributed by atoms with Gasteiger partial charge in [0, 0.05) is 11.6 Å². The Hall–Kier alpha value is -1.11. The van der Waals surface area contributed by atoms with Crippen LogP contribution >= 0.6 is 11.6 Å². The van der Waals surface area contributed by atoms with Crippen molar-refractivity contribution in [1.82, 2.24) is 10.2 Å². The monoisotopic (exact) mass is 398 g/mol. The Kier molecular flexibility index (Phi) is 5.94.